The van der Waals surface area contributed by atoms with Crippen LogP contribution in [0, 0.1) is 18.6 Å². The fraction of sp³-hybridized carbons (Fsp3) is 0.259. The number of aliphatic hydroxyl groups is 1. The number of hydrogen-bond acceptors (Lipinski definition) is 7. The van der Waals surface area contributed by atoms with Crippen LogP contribution >= 0.6 is 11.3 Å². The van der Waals surface area contributed by atoms with Crippen molar-refractivity contribution in [3.05, 3.63) is 75.9 Å². The van der Waals surface area contributed by atoms with E-state index in [4.69, 9.17) is 10.5 Å². The minimum Gasteiger partial charge on any atom is -0.489 e. The predicted molar refractivity (Wildman–Crippen MR) is 138 cm³/mol. The molecule has 41 heavy (non-hydrogen) atoms. The van der Waals surface area contributed by atoms with Crippen molar-refractivity contribution in [2.45, 2.75) is 31.0 Å². The van der Waals surface area contributed by atoms with Crippen LogP contribution in [0.2, 0.25) is 0 Å². The topological polar surface area (TPSA) is 127 Å². The smallest absolute Gasteiger partial charge is 0.424 e. The fourth-order valence-corrected chi connectivity index (χ4v) is 5.36. The normalized spacial score (nSPS) is 18.0. The van der Waals surface area contributed by atoms with Crippen molar-refractivity contribution in [2.24, 2.45) is 5.73 Å². The van der Waals surface area contributed by atoms with Crippen molar-refractivity contribution in [1.82, 2.24) is 15.3 Å². The van der Waals surface area contributed by atoms with Gasteiger partial charge in [-0.25, -0.2) is 18.7 Å². The number of carbonyl (C=O) groups excluding carboxylic acids is 2. The number of pyridine rings is 1. The predicted octanol–water partition coefficient (Wildman–Crippen LogP) is 4.26. The van der Waals surface area contributed by atoms with Gasteiger partial charge in [-0.15, -0.1) is 11.3 Å². The number of aromatic nitrogens is 2. The Morgan fingerprint density at radius 2 is 1.83 bits per heavy atom. The highest BCUT2D eigenvalue weighted by molar-refractivity contribution is 7.18. The average Bonchev–Trinajstić information content (AvgIpc) is 3.46. The van der Waals surface area contributed by atoms with E-state index in [-0.39, 0.29) is 40.3 Å². The quantitative estimate of drug-likeness (QED) is 0.287. The number of nitrogens with two attached hydrogens (primary N) is 1. The number of primary amides is 1. The van der Waals surface area contributed by atoms with E-state index in [1.54, 1.807) is 6.92 Å². The first kappa shape index (κ1) is 28.4. The summed E-state index contributed by atoms with van der Waals surface area (Å²) in [5, 5.41) is 13.6. The molecule has 0 bridgehead atoms. The van der Waals surface area contributed by atoms with Crippen molar-refractivity contribution >= 4 is 33.4 Å². The molecular weight excluding hydrogens is 571 g/mol. The van der Waals surface area contributed by atoms with Gasteiger partial charge in [0.05, 0.1) is 21.9 Å². The number of fused-ring (bicyclic) bond motifs is 2. The van der Waals surface area contributed by atoms with Crippen LogP contribution in [0.5, 0.6) is 5.75 Å². The molecular formula is C27H21F5N4O4S. The highest BCUT2D eigenvalue weighted by atomic mass is 32.1. The van der Waals surface area contributed by atoms with Crippen LogP contribution in [0.4, 0.5) is 22.0 Å². The third-order valence-corrected chi connectivity index (χ3v) is 7.87. The van der Waals surface area contributed by atoms with Gasteiger partial charge in [0.1, 0.15) is 34.8 Å². The molecule has 0 radical (unpaired) electrons. The maximum absolute atomic E-state index is 14.5. The van der Waals surface area contributed by atoms with Crippen LogP contribution in [-0.4, -0.2) is 46.2 Å². The van der Waals surface area contributed by atoms with E-state index in [0.29, 0.717) is 9.71 Å². The molecule has 3 heterocycles. The van der Waals surface area contributed by atoms with Gasteiger partial charge < -0.3 is 20.9 Å². The summed E-state index contributed by atoms with van der Waals surface area (Å²) in [6, 6.07) is 7.55. The van der Waals surface area contributed by atoms with Crippen molar-refractivity contribution in [1.29, 1.82) is 0 Å². The molecule has 2 aromatic heterocycles. The number of nitrogens with zero attached hydrogens (tertiary/aromatic N) is 2. The summed E-state index contributed by atoms with van der Waals surface area (Å²) in [6.45, 7) is 1.26. The number of aryl methyl sites for hydroxylation is 1. The van der Waals surface area contributed by atoms with Gasteiger partial charge in [-0.1, -0.05) is 0 Å². The summed E-state index contributed by atoms with van der Waals surface area (Å²) in [7, 11) is 0. The summed E-state index contributed by atoms with van der Waals surface area (Å²) < 4.78 is 77.6. The summed E-state index contributed by atoms with van der Waals surface area (Å²) in [5.74, 6) is -3.51. The lowest BCUT2D eigenvalue weighted by atomic mass is 9.81. The van der Waals surface area contributed by atoms with Gasteiger partial charge in [-0.05, 0) is 56.3 Å². The molecule has 1 unspecified atom stereocenters. The lowest BCUT2D eigenvalue weighted by Gasteiger charge is -2.31. The Hall–Kier alpha value is -4.17. The number of benzene rings is 2. The van der Waals surface area contributed by atoms with Crippen LogP contribution in [0.15, 0.2) is 42.5 Å². The molecule has 0 saturated heterocycles. The first-order valence-corrected chi connectivity index (χ1v) is 12.8. The SMILES string of the molecule is Cc1nc2c(F)cc(C(=O)NCC(O)(c3cc4c(c(-c5ccc(F)cc5)n3)OC[C@]4(C)C(N)=O)C(F)(F)F)cc2s1. The number of amides is 2. The maximum Gasteiger partial charge on any atom is 0.424 e. The van der Waals surface area contributed by atoms with E-state index in [1.165, 1.54) is 25.1 Å². The number of hydrogen-bond donors (Lipinski definition) is 3. The van der Waals surface area contributed by atoms with E-state index < -0.39 is 52.9 Å². The number of thiazole rings is 1. The van der Waals surface area contributed by atoms with Crippen LogP contribution < -0.4 is 15.8 Å². The second kappa shape index (κ2) is 9.73. The number of ether oxygens (including phenoxy) is 1. The number of carbonyl (C=O) groups is 2. The lowest BCUT2D eigenvalue weighted by molar-refractivity contribution is -0.265. The van der Waals surface area contributed by atoms with E-state index in [2.05, 4.69) is 9.97 Å². The molecule has 0 spiro atoms. The Balaban J connectivity index is 1.59. The van der Waals surface area contributed by atoms with Crippen LogP contribution in [0.3, 0.4) is 0 Å². The summed E-state index contributed by atoms with van der Waals surface area (Å²) in [5.41, 5.74) is -1.19. The molecule has 1 aliphatic heterocycles. The maximum atomic E-state index is 14.5. The number of nitrogens with one attached hydrogen (secondary N) is 1. The van der Waals surface area contributed by atoms with E-state index in [1.807, 2.05) is 5.32 Å². The molecule has 0 aliphatic carbocycles. The molecule has 4 aromatic rings. The zero-order valence-corrected chi connectivity index (χ0v) is 22.2. The molecule has 8 nitrogen and oxygen atoms in total. The molecule has 4 N–H and O–H groups in total. The molecule has 14 heteroatoms. The summed E-state index contributed by atoms with van der Waals surface area (Å²) in [6.07, 6.45) is -5.39. The Morgan fingerprint density at radius 1 is 1.15 bits per heavy atom. The van der Waals surface area contributed by atoms with Gasteiger partial charge in [0.25, 0.3) is 5.91 Å². The second-order valence-corrected chi connectivity index (χ2v) is 11.0. The van der Waals surface area contributed by atoms with E-state index >= 15 is 0 Å². The zero-order chi connectivity index (χ0) is 29.9. The van der Waals surface area contributed by atoms with E-state index in [9.17, 15) is 36.6 Å². The monoisotopic (exact) mass is 592 g/mol. The molecule has 1 aliphatic rings. The van der Waals surface area contributed by atoms with Crippen molar-refractivity contribution in [3.8, 4) is 17.0 Å². The molecule has 0 fully saturated rings. The first-order chi connectivity index (χ1) is 19.1. The average molecular weight is 593 g/mol. The third kappa shape index (κ3) is 4.76. The molecule has 2 aromatic carbocycles. The van der Waals surface area contributed by atoms with Crippen LogP contribution in [0.1, 0.15) is 33.5 Å². The number of rotatable bonds is 6. The summed E-state index contributed by atoms with van der Waals surface area (Å²) >= 11 is 1.09. The Kier molecular flexibility index (Phi) is 6.73. The zero-order valence-electron chi connectivity index (χ0n) is 21.4. The van der Waals surface area contributed by atoms with Crippen molar-refractivity contribution in [2.75, 3.05) is 13.2 Å². The highest BCUT2D eigenvalue weighted by Crippen LogP contribution is 2.47. The highest BCUT2D eigenvalue weighted by Gasteiger charge is 2.57. The third-order valence-electron chi connectivity index (χ3n) is 6.95. The van der Waals surface area contributed by atoms with Gasteiger partial charge in [-0.3, -0.25) is 9.59 Å². The molecule has 2 amide bonds. The molecule has 5 rings (SSSR count). The van der Waals surface area contributed by atoms with Crippen molar-refractivity contribution < 1.29 is 41.4 Å². The Morgan fingerprint density at radius 3 is 2.46 bits per heavy atom. The standard InChI is InChI=1S/C27H21F5N4O4S/c1-12-35-21-17(29)7-14(8-18(21)41-12)23(37)34-10-26(39,27(30,31)32)19-9-16-22(40-11-25(16,2)24(33)38)20(36-19)13-3-5-15(28)6-4-13/h3-9,39H,10-11H2,1-2H3,(H2,33,38)(H,34,37)/t25-,26?/m0/s1. The molecule has 214 valence electrons. The van der Waals surface area contributed by atoms with Crippen molar-refractivity contribution in [3.63, 3.8) is 0 Å². The van der Waals surface area contributed by atoms with Crippen LogP contribution in [-0.2, 0) is 15.8 Å². The van der Waals surface area contributed by atoms with Crippen LogP contribution in [0.25, 0.3) is 21.5 Å². The first-order valence-electron chi connectivity index (χ1n) is 12.0. The Labute approximate surface area is 233 Å². The number of alkyl halides is 3. The Bertz CT molecular complexity index is 1710. The van der Waals surface area contributed by atoms with Gasteiger partial charge in [0, 0.05) is 16.7 Å². The minimum absolute atomic E-state index is 0.0197. The van der Waals surface area contributed by atoms with Gasteiger partial charge in [0.2, 0.25) is 11.5 Å². The largest absolute Gasteiger partial charge is 0.489 e. The van der Waals surface area contributed by atoms with Gasteiger partial charge in [0.15, 0.2) is 5.82 Å². The molecule has 0 saturated carbocycles. The number of halogens is 5. The van der Waals surface area contributed by atoms with Gasteiger partial charge >= 0.3 is 6.18 Å². The molecule has 2 atom stereocenters. The van der Waals surface area contributed by atoms with Gasteiger partial charge in [-0.2, -0.15) is 13.2 Å². The van der Waals surface area contributed by atoms with E-state index in [0.717, 1.165) is 35.6 Å². The second-order valence-electron chi connectivity index (χ2n) is 9.80. The lowest BCUT2D eigenvalue weighted by Crippen LogP contribution is -2.51. The minimum atomic E-state index is -5.39. The fourth-order valence-electron chi connectivity index (χ4n) is 4.48. The summed E-state index contributed by atoms with van der Waals surface area (Å²) in [4.78, 5) is 33.2.